The average Bonchev–Trinajstić information content (AvgIpc) is 2.30. The molecule has 0 saturated carbocycles. The highest BCUT2D eigenvalue weighted by atomic mass is 16.2. The third-order valence-corrected chi connectivity index (χ3v) is 2.50. The van der Waals surface area contributed by atoms with Gasteiger partial charge in [-0.1, -0.05) is 13.3 Å². The lowest BCUT2D eigenvalue weighted by Crippen LogP contribution is -2.35. The van der Waals surface area contributed by atoms with Crippen molar-refractivity contribution in [2.75, 3.05) is 5.32 Å². The Balaban J connectivity index is 2.63. The number of ketones is 1. The van der Waals surface area contributed by atoms with E-state index in [1.165, 1.54) is 6.92 Å². The van der Waals surface area contributed by atoms with E-state index in [9.17, 15) is 9.59 Å². The van der Waals surface area contributed by atoms with Gasteiger partial charge in [0.2, 0.25) is 5.91 Å². The molecular weight excluding hydrogens is 216 g/mol. The molecule has 0 aliphatic carbocycles. The maximum Gasteiger partial charge on any atom is 0.241 e. The van der Waals surface area contributed by atoms with Crippen molar-refractivity contribution in [1.82, 2.24) is 0 Å². The van der Waals surface area contributed by atoms with Crippen LogP contribution in [0.5, 0.6) is 0 Å². The average molecular weight is 234 g/mol. The monoisotopic (exact) mass is 234 g/mol. The Labute approximate surface area is 101 Å². The van der Waals surface area contributed by atoms with Gasteiger partial charge < -0.3 is 11.1 Å². The van der Waals surface area contributed by atoms with Gasteiger partial charge >= 0.3 is 0 Å². The van der Waals surface area contributed by atoms with Gasteiger partial charge in [0.25, 0.3) is 0 Å². The smallest absolute Gasteiger partial charge is 0.241 e. The molecule has 17 heavy (non-hydrogen) atoms. The van der Waals surface area contributed by atoms with Crippen molar-refractivity contribution in [3.8, 4) is 0 Å². The molecule has 0 saturated heterocycles. The zero-order valence-corrected chi connectivity index (χ0v) is 10.2. The Hall–Kier alpha value is -1.68. The number of Topliss-reactive ketones (excluding diaryl/α,β-unsaturated/α-hetero) is 1. The molecule has 0 aromatic heterocycles. The van der Waals surface area contributed by atoms with E-state index < -0.39 is 6.04 Å². The van der Waals surface area contributed by atoms with Crippen molar-refractivity contribution >= 4 is 17.4 Å². The van der Waals surface area contributed by atoms with E-state index in [0.717, 1.165) is 6.42 Å². The molecule has 1 amide bonds. The fraction of sp³-hybridized carbons (Fsp3) is 0.385. The molecule has 0 heterocycles. The van der Waals surface area contributed by atoms with Gasteiger partial charge in [-0.25, -0.2) is 0 Å². The summed E-state index contributed by atoms with van der Waals surface area (Å²) in [5, 5.41) is 2.72. The van der Waals surface area contributed by atoms with E-state index in [1.807, 2.05) is 6.92 Å². The lowest BCUT2D eigenvalue weighted by molar-refractivity contribution is -0.117. The van der Waals surface area contributed by atoms with Crippen molar-refractivity contribution in [2.24, 2.45) is 5.73 Å². The first-order chi connectivity index (χ1) is 8.04. The Bertz CT molecular complexity index is 398. The molecule has 3 N–H and O–H groups in total. The van der Waals surface area contributed by atoms with Gasteiger partial charge in [0.1, 0.15) is 0 Å². The second-order valence-corrected chi connectivity index (χ2v) is 4.02. The maximum absolute atomic E-state index is 11.6. The Morgan fingerprint density at radius 3 is 2.35 bits per heavy atom. The van der Waals surface area contributed by atoms with Gasteiger partial charge in [-0.2, -0.15) is 0 Å². The van der Waals surface area contributed by atoms with Gasteiger partial charge in [0, 0.05) is 11.3 Å². The van der Waals surface area contributed by atoms with Crippen LogP contribution in [-0.4, -0.2) is 17.7 Å². The van der Waals surface area contributed by atoms with E-state index in [-0.39, 0.29) is 11.7 Å². The van der Waals surface area contributed by atoms with Crippen molar-refractivity contribution in [3.63, 3.8) is 0 Å². The van der Waals surface area contributed by atoms with Crippen molar-refractivity contribution in [3.05, 3.63) is 29.8 Å². The second kappa shape index (κ2) is 6.15. The molecule has 0 unspecified atom stereocenters. The van der Waals surface area contributed by atoms with Crippen LogP contribution >= 0.6 is 0 Å². The number of carbonyl (C=O) groups excluding carboxylic acids is 2. The number of anilines is 1. The van der Waals surface area contributed by atoms with Crippen LogP contribution < -0.4 is 11.1 Å². The molecule has 0 fully saturated rings. The lowest BCUT2D eigenvalue weighted by atomic mass is 10.1. The van der Waals surface area contributed by atoms with Gasteiger partial charge in [-0.3, -0.25) is 9.59 Å². The summed E-state index contributed by atoms with van der Waals surface area (Å²) in [4.78, 5) is 22.7. The topological polar surface area (TPSA) is 72.2 Å². The van der Waals surface area contributed by atoms with Crippen LogP contribution in [-0.2, 0) is 4.79 Å². The summed E-state index contributed by atoms with van der Waals surface area (Å²) in [5.41, 5.74) is 6.97. The molecule has 92 valence electrons. The molecule has 1 atom stereocenters. The van der Waals surface area contributed by atoms with Gasteiger partial charge in [-0.15, -0.1) is 0 Å². The van der Waals surface area contributed by atoms with E-state index >= 15 is 0 Å². The molecule has 0 aliphatic rings. The largest absolute Gasteiger partial charge is 0.325 e. The first-order valence-electron chi connectivity index (χ1n) is 5.72. The summed E-state index contributed by atoms with van der Waals surface area (Å²) >= 11 is 0. The van der Waals surface area contributed by atoms with Crippen LogP contribution in [0.25, 0.3) is 0 Å². The Morgan fingerprint density at radius 1 is 1.29 bits per heavy atom. The van der Waals surface area contributed by atoms with Crippen LogP contribution in [0.15, 0.2) is 24.3 Å². The lowest BCUT2D eigenvalue weighted by Gasteiger charge is -2.11. The molecule has 0 spiro atoms. The van der Waals surface area contributed by atoms with Crippen molar-refractivity contribution < 1.29 is 9.59 Å². The van der Waals surface area contributed by atoms with E-state index in [1.54, 1.807) is 24.3 Å². The van der Waals surface area contributed by atoms with Crippen LogP contribution in [0.3, 0.4) is 0 Å². The van der Waals surface area contributed by atoms with Gasteiger partial charge in [0.05, 0.1) is 6.04 Å². The molecule has 4 heteroatoms. The Morgan fingerprint density at radius 2 is 1.88 bits per heavy atom. The third-order valence-electron chi connectivity index (χ3n) is 2.50. The molecule has 0 bridgehead atoms. The number of rotatable bonds is 5. The number of benzene rings is 1. The number of amides is 1. The van der Waals surface area contributed by atoms with Crippen molar-refractivity contribution in [1.29, 1.82) is 0 Å². The van der Waals surface area contributed by atoms with Crippen LogP contribution in [0.4, 0.5) is 5.69 Å². The molecule has 1 aromatic carbocycles. The minimum atomic E-state index is -0.479. The molecule has 1 aromatic rings. The molecular formula is C13H18N2O2. The summed E-state index contributed by atoms with van der Waals surface area (Å²) in [6, 6.07) is 6.29. The molecule has 1 rings (SSSR count). The number of hydrogen-bond donors (Lipinski definition) is 2. The first-order valence-corrected chi connectivity index (χ1v) is 5.72. The zero-order chi connectivity index (χ0) is 12.8. The van der Waals surface area contributed by atoms with E-state index in [2.05, 4.69) is 5.32 Å². The number of nitrogens with one attached hydrogen (secondary N) is 1. The predicted molar refractivity (Wildman–Crippen MR) is 68.0 cm³/mol. The fourth-order valence-electron chi connectivity index (χ4n) is 1.47. The van der Waals surface area contributed by atoms with Gasteiger partial charge in [0.15, 0.2) is 5.78 Å². The highest BCUT2D eigenvalue weighted by molar-refractivity contribution is 5.96. The highest BCUT2D eigenvalue weighted by Crippen LogP contribution is 2.10. The van der Waals surface area contributed by atoms with E-state index in [0.29, 0.717) is 17.7 Å². The van der Waals surface area contributed by atoms with E-state index in [4.69, 9.17) is 5.73 Å². The summed E-state index contributed by atoms with van der Waals surface area (Å²) < 4.78 is 0. The summed E-state index contributed by atoms with van der Waals surface area (Å²) in [6.45, 7) is 3.49. The Kier molecular flexibility index (Phi) is 4.84. The fourth-order valence-corrected chi connectivity index (χ4v) is 1.47. The number of nitrogens with two attached hydrogens (primary N) is 1. The minimum absolute atomic E-state index is 0.00515. The van der Waals surface area contributed by atoms with Gasteiger partial charge in [-0.05, 0) is 37.6 Å². The highest BCUT2D eigenvalue weighted by Gasteiger charge is 2.12. The third kappa shape index (κ3) is 4.00. The summed E-state index contributed by atoms with van der Waals surface area (Å²) in [5.74, 6) is -0.187. The maximum atomic E-state index is 11.6. The van der Waals surface area contributed by atoms with Crippen LogP contribution in [0.2, 0.25) is 0 Å². The molecule has 0 radical (unpaired) electrons. The minimum Gasteiger partial charge on any atom is -0.325 e. The SMILES string of the molecule is CCC[C@H](N)C(=O)Nc1ccc(C(C)=O)cc1. The van der Waals surface area contributed by atoms with Crippen LogP contribution in [0, 0.1) is 0 Å². The van der Waals surface area contributed by atoms with Crippen molar-refractivity contribution in [2.45, 2.75) is 32.7 Å². The normalized spacial score (nSPS) is 11.9. The quantitative estimate of drug-likeness (QED) is 0.765. The molecule has 0 aliphatic heterocycles. The van der Waals surface area contributed by atoms with Crippen LogP contribution in [0.1, 0.15) is 37.0 Å². The number of carbonyl (C=O) groups is 2. The molecule has 4 nitrogen and oxygen atoms in total. The summed E-state index contributed by atoms with van der Waals surface area (Å²) in [6.07, 6.45) is 1.54. The standard InChI is InChI=1S/C13H18N2O2/c1-3-4-12(14)13(17)15-11-7-5-10(6-8-11)9(2)16/h5-8,12H,3-4,14H2,1-2H3,(H,15,17)/t12-/m0/s1. The predicted octanol–water partition coefficient (Wildman–Crippen LogP) is 1.96. The second-order valence-electron chi connectivity index (χ2n) is 4.02. The zero-order valence-electron chi connectivity index (χ0n) is 10.2. The number of hydrogen-bond acceptors (Lipinski definition) is 3. The summed E-state index contributed by atoms with van der Waals surface area (Å²) in [7, 11) is 0. The first kappa shape index (κ1) is 13.4.